The van der Waals surface area contributed by atoms with Crippen molar-refractivity contribution < 1.29 is 9.53 Å². The number of nitrogens with two attached hydrogens (primary N) is 1. The van der Waals surface area contributed by atoms with Gasteiger partial charge in [-0.25, -0.2) is 4.68 Å². The summed E-state index contributed by atoms with van der Waals surface area (Å²) < 4.78 is 6.91. The molecule has 3 N–H and O–H groups in total. The molecule has 1 heterocycles. The van der Waals surface area contributed by atoms with Crippen molar-refractivity contribution in [2.75, 3.05) is 12.4 Å². The maximum atomic E-state index is 11.7. The van der Waals surface area contributed by atoms with Gasteiger partial charge in [0.15, 0.2) is 5.82 Å². The average molecular weight is 356 g/mol. The van der Waals surface area contributed by atoms with Gasteiger partial charge in [-0.2, -0.15) is 0 Å². The van der Waals surface area contributed by atoms with Crippen molar-refractivity contribution in [1.82, 2.24) is 20.2 Å². The Morgan fingerprint density at radius 3 is 2.78 bits per heavy atom. The molecule has 0 saturated carbocycles. The molecule has 23 heavy (non-hydrogen) atoms. The molecule has 0 aliphatic carbocycles. The first-order valence-corrected chi connectivity index (χ1v) is 8.29. The number of hydrogen-bond donors (Lipinski definition) is 2. The third kappa shape index (κ3) is 4.77. The Hall–Kier alpha value is -1.93. The molecule has 124 valence electrons. The molecule has 0 aliphatic heterocycles. The van der Waals surface area contributed by atoms with Crippen LogP contribution >= 0.6 is 23.4 Å². The van der Waals surface area contributed by atoms with Gasteiger partial charge in [0.1, 0.15) is 12.4 Å². The van der Waals surface area contributed by atoms with Crippen LogP contribution < -0.4 is 15.9 Å². The fourth-order valence-electron chi connectivity index (χ4n) is 1.69. The smallest absolute Gasteiger partial charge is 0.233 e. The molecule has 0 saturated heterocycles. The number of nitrogens with zero attached hydrogens (tertiary/aromatic N) is 3. The fraction of sp³-hybridized carbons (Fsp3) is 0.357. The largest absolute Gasteiger partial charge is 0.486 e. The number of halogens is 1. The minimum atomic E-state index is -0.313. The number of nitrogens with one attached hydrogen (secondary N) is 1. The van der Waals surface area contributed by atoms with E-state index in [2.05, 4.69) is 15.5 Å². The minimum absolute atomic E-state index is 0.0699. The summed E-state index contributed by atoms with van der Waals surface area (Å²) in [6, 6.07) is 6.98. The van der Waals surface area contributed by atoms with E-state index < -0.39 is 0 Å². The van der Waals surface area contributed by atoms with E-state index >= 15 is 0 Å². The number of carbonyl (C=O) groups excluding carboxylic acids is 1. The number of ether oxygens (including phenoxy) is 1. The molecular formula is C14H18ClN5O2S. The number of thioether (sulfide) groups is 1. The topological polar surface area (TPSA) is 95.1 Å². The molecule has 0 fully saturated rings. The van der Waals surface area contributed by atoms with Crippen molar-refractivity contribution in [3.05, 3.63) is 35.1 Å². The lowest BCUT2D eigenvalue weighted by atomic mass is 10.3. The maximum Gasteiger partial charge on any atom is 0.233 e. The number of amides is 1. The first-order valence-electron chi connectivity index (χ1n) is 7.03. The first kappa shape index (κ1) is 17.4. The van der Waals surface area contributed by atoms with Crippen LogP contribution in [0.15, 0.2) is 29.4 Å². The van der Waals surface area contributed by atoms with E-state index in [4.69, 9.17) is 22.2 Å². The second-order valence-corrected chi connectivity index (χ2v) is 6.41. The molecule has 0 aliphatic rings. The molecule has 0 spiro atoms. The molecule has 9 heteroatoms. The predicted molar refractivity (Wildman–Crippen MR) is 90.0 cm³/mol. The zero-order valence-electron chi connectivity index (χ0n) is 12.8. The number of carbonyl (C=O) groups is 1. The number of hydrogen-bond acceptors (Lipinski definition) is 6. The van der Waals surface area contributed by atoms with Crippen molar-refractivity contribution in [2.24, 2.45) is 0 Å². The van der Waals surface area contributed by atoms with Crippen LogP contribution in [0.3, 0.4) is 0 Å². The molecular weight excluding hydrogens is 338 g/mol. The number of aromatic nitrogens is 3. The maximum absolute atomic E-state index is 11.7. The third-order valence-electron chi connectivity index (χ3n) is 2.92. The summed E-state index contributed by atoms with van der Waals surface area (Å²) in [4.78, 5) is 11.7. The predicted octanol–water partition coefficient (Wildman–Crippen LogP) is 1.84. The van der Waals surface area contributed by atoms with Crippen LogP contribution in [0.4, 0.5) is 0 Å². The highest BCUT2D eigenvalue weighted by molar-refractivity contribution is 8.00. The standard InChI is InChI=1S/C14H18ClN5O2S/c1-3-17-13(21)9(2)23-14-19-18-12(20(14)16)8-22-11-6-4-10(15)5-7-11/h4-7,9H,3,8,16H2,1-2H3,(H,17,21)/t9-/m0/s1. The summed E-state index contributed by atoms with van der Waals surface area (Å²) in [6.07, 6.45) is 0. The van der Waals surface area contributed by atoms with E-state index in [0.717, 1.165) is 0 Å². The number of rotatable bonds is 7. The van der Waals surface area contributed by atoms with Gasteiger partial charge in [-0.05, 0) is 38.1 Å². The highest BCUT2D eigenvalue weighted by atomic mass is 35.5. The van der Waals surface area contributed by atoms with E-state index in [-0.39, 0.29) is 17.8 Å². The zero-order chi connectivity index (χ0) is 16.8. The highest BCUT2D eigenvalue weighted by Gasteiger charge is 2.18. The van der Waals surface area contributed by atoms with E-state index in [1.54, 1.807) is 31.2 Å². The summed E-state index contributed by atoms with van der Waals surface area (Å²) in [5.41, 5.74) is 0. The molecule has 2 rings (SSSR count). The van der Waals surface area contributed by atoms with Gasteiger partial charge in [0, 0.05) is 11.6 Å². The van der Waals surface area contributed by atoms with Gasteiger partial charge < -0.3 is 15.9 Å². The van der Waals surface area contributed by atoms with Gasteiger partial charge in [-0.1, -0.05) is 23.4 Å². The Balaban J connectivity index is 1.96. The Kier molecular flexibility index (Phi) is 6.12. The quantitative estimate of drug-likeness (QED) is 0.581. The molecule has 0 radical (unpaired) electrons. The van der Waals surface area contributed by atoms with Gasteiger partial charge >= 0.3 is 0 Å². The van der Waals surface area contributed by atoms with Gasteiger partial charge in [0.25, 0.3) is 0 Å². The number of nitrogen functional groups attached to an aromatic ring is 1. The Labute approximate surface area is 143 Å². The molecule has 0 bridgehead atoms. The summed E-state index contributed by atoms with van der Waals surface area (Å²) in [5.74, 6) is 7.00. The number of benzene rings is 1. The summed E-state index contributed by atoms with van der Waals surface area (Å²) in [7, 11) is 0. The highest BCUT2D eigenvalue weighted by Crippen LogP contribution is 2.21. The molecule has 7 nitrogen and oxygen atoms in total. The fourth-order valence-corrected chi connectivity index (χ4v) is 2.63. The van der Waals surface area contributed by atoms with Gasteiger partial charge in [-0.15, -0.1) is 10.2 Å². The van der Waals surface area contributed by atoms with E-state index in [0.29, 0.717) is 28.3 Å². The lowest BCUT2D eigenvalue weighted by molar-refractivity contribution is -0.120. The second kappa shape index (κ2) is 8.07. The van der Waals surface area contributed by atoms with Crippen molar-refractivity contribution in [3.63, 3.8) is 0 Å². The molecule has 2 aromatic rings. The molecule has 1 atom stereocenters. The Bertz CT molecular complexity index is 662. The van der Waals surface area contributed by atoms with Gasteiger partial charge in [-0.3, -0.25) is 4.79 Å². The summed E-state index contributed by atoms with van der Waals surface area (Å²) >= 11 is 7.06. The van der Waals surface area contributed by atoms with Crippen molar-refractivity contribution in [2.45, 2.75) is 30.9 Å². The Morgan fingerprint density at radius 1 is 1.43 bits per heavy atom. The zero-order valence-corrected chi connectivity index (χ0v) is 14.4. The molecule has 1 aromatic carbocycles. The van der Waals surface area contributed by atoms with Crippen LogP contribution in [0.1, 0.15) is 19.7 Å². The first-order chi connectivity index (χ1) is 11.0. The lowest BCUT2D eigenvalue weighted by Crippen LogP contribution is -2.31. The van der Waals surface area contributed by atoms with E-state index in [1.807, 2.05) is 6.92 Å². The van der Waals surface area contributed by atoms with Gasteiger partial charge in [0.2, 0.25) is 11.1 Å². The third-order valence-corrected chi connectivity index (χ3v) is 4.23. The van der Waals surface area contributed by atoms with Crippen LogP contribution in [0.25, 0.3) is 0 Å². The van der Waals surface area contributed by atoms with E-state index in [9.17, 15) is 4.79 Å². The van der Waals surface area contributed by atoms with Crippen molar-refractivity contribution in [1.29, 1.82) is 0 Å². The monoisotopic (exact) mass is 355 g/mol. The van der Waals surface area contributed by atoms with Crippen molar-refractivity contribution in [3.8, 4) is 5.75 Å². The minimum Gasteiger partial charge on any atom is -0.486 e. The SMILES string of the molecule is CCNC(=O)[C@H](C)Sc1nnc(COc2ccc(Cl)cc2)n1N. The summed E-state index contributed by atoms with van der Waals surface area (Å²) in [6.45, 7) is 4.40. The van der Waals surface area contributed by atoms with Crippen LogP contribution in [0, 0.1) is 0 Å². The molecule has 1 amide bonds. The molecule has 1 aromatic heterocycles. The van der Waals surface area contributed by atoms with Crippen LogP contribution in [-0.2, 0) is 11.4 Å². The Morgan fingerprint density at radius 2 is 2.13 bits per heavy atom. The van der Waals surface area contributed by atoms with Gasteiger partial charge in [0.05, 0.1) is 5.25 Å². The van der Waals surface area contributed by atoms with Crippen molar-refractivity contribution >= 4 is 29.3 Å². The summed E-state index contributed by atoms with van der Waals surface area (Å²) in [5, 5.41) is 11.5. The van der Waals surface area contributed by atoms with Crippen LogP contribution in [0.5, 0.6) is 5.75 Å². The van der Waals surface area contributed by atoms with Crippen LogP contribution in [-0.4, -0.2) is 32.6 Å². The molecule has 0 unspecified atom stereocenters. The normalized spacial score (nSPS) is 12.0. The lowest BCUT2D eigenvalue weighted by Gasteiger charge is -2.10. The second-order valence-electron chi connectivity index (χ2n) is 4.67. The average Bonchev–Trinajstić information content (AvgIpc) is 2.87. The van der Waals surface area contributed by atoms with E-state index in [1.165, 1.54) is 16.4 Å². The van der Waals surface area contributed by atoms with Crippen LogP contribution in [0.2, 0.25) is 5.02 Å².